The maximum absolute atomic E-state index is 11.6. The van der Waals surface area contributed by atoms with Crippen molar-refractivity contribution in [3.8, 4) is 11.5 Å². The van der Waals surface area contributed by atoms with Gasteiger partial charge in [-0.1, -0.05) is 0 Å². The van der Waals surface area contributed by atoms with Gasteiger partial charge in [0, 0.05) is 23.9 Å². The van der Waals surface area contributed by atoms with Crippen LogP contribution in [-0.4, -0.2) is 26.2 Å². The molecule has 0 radical (unpaired) electrons. The average Bonchev–Trinajstić information content (AvgIpc) is 3.21. The van der Waals surface area contributed by atoms with Crippen LogP contribution in [-0.2, 0) is 4.79 Å². The van der Waals surface area contributed by atoms with E-state index in [1.165, 1.54) is 5.56 Å². The van der Waals surface area contributed by atoms with Crippen molar-refractivity contribution in [3.05, 3.63) is 23.8 Å². The number of carbonyl (C=O) groups is 1. The van der Waals surface area contributed by atoms with E-state index < -0.39 is 0 Å². The van der Waals surface area contributed by atoms with Gasteiger partial charge in [-0.25, -0.2) is 0 Å². The molecule has 1 saturated carbocycles. The summed E-state index contributed by atoms with van der Waals surface area (Å²) >= 11 is 0. The van der Waals surface area contributed by atoms with Gasteiger partial charge < -0.3 is 14.8 Å². The van der Waals surface area contributed by atoms with Gasteiger partial charge in [0.1, 0.15) is 11.5 Å². The summed E-state index contributed by atoms with van der Waals surface area (Å²) in [5, 5.41) is 3.01. The number of carbonyl (C=O) groups excluding carboxylic acids is 1. The van der Waals surface area contributed by atoms with E-state index in [1.54, 1.807) is 7.11 Å². The molecule has 0 saturated heterocycles. The van der Waals surface area contributed by atoms with Crippen LogP contribution in [0.1, 0.15) is 30.7 Å². The van der Waals surface area contributed by atoms with E-state index in [0.29, 0.717) is 12.5 Å². The Morgan fingerprint density at radius 3 is 3.05 bits per heavy atom. The molecular weight excluding hydrogens is 242 g/mol. The lowest BCUT2D eigenvalue weighted by Gasteiger charge is -2.10. The Hall–Kier alpha value is -1.71. The minimum atomic E-state index is 0.213. The molecule has 1 aliphatic carbocycles. The number of fused-ring (bicyclic) bond motifs is 1. The number of methoxy groups -OCH3 is 1. The summed E-state index contributed by atoms with van der Waals surface area (Å²) in [6.45, 7) is 1.42. The number of nitrogens with one attached hydrogen (secondary N) is 1. The largest absolute Gasteiger partial charge is 0.497 e. The van der Waals surface area contributed by atoms with Crippen LogP contribution >= 0.6 is 0 Å². The third-order valence-corrected chi connectivity index (χ3v) is 3.84. The highest BCUT2D eigenvalue weighted by molar-refractivity contribution is 5.80. The topological polar surface area (TPSA) is 47.6 Å². The lowest BCUT2D eigenvalue weighted by Crippen LogP contribution is -2.27. The van der Waals surface area contributed by atoms with E-state index in [-0.39, 0.29) is 11.8 Å². The summed E-state index contributed by atoms with van der Waals surface area (Å²) in [7, 11) is 1.67. The molecule has 4 nitrogen and oxygen atoms in total. The van der Waals surface area contributed by atoms with E-state index in [4.69, 9.17) is 9.47 Å². The van der Waals surface area contributed by atoms with Crippen LogP contribution in [0.15, 0.2) is 18.2 Å². The number of ether oxygens (including phenoxy) is 2. The van der Waals surface area contributed by atoms with Gasteiger partial charge in [-0.05, 0) is 37.5 Å². The lowest BCUT2D eigenvalue weighted by molar-refractivity contribution is -0.122. The fourth-order valence-electron chi connectivity index (χ4n) is 2.48. The highest BCUT2D eigenvalue weighted by atomic mass is 16.5. The van der Waals surface area contributed by atoms with E-state index in [0.717, 1.165) is 37.3 Å². The van der Waals surface area contributed by atoms with Gasteiger partial charge in [0.15, 0.2) is 0 Å². The number of benzene rings is 1. The summed E-state index contributed by atoms with van der Waals surface area (Å²) in [4.78, 5) is 11.6. The van der Waals surface area contributed by atoms with Crippen molar-refractivity contribution >= 4 is 5.91 Å². The molecule has 2 aliphatic rings. The van der Waals surface area contributed by atoms with Crippen molar-refractivity contribution in [1.82, 2.24) is 5.32 Å². The molecule has 0 aromatic heterocycles. The minimum absolute atomic E-state index is 0.213. The van der Waals surface area contributed by atoms with E-state index in [1.807, 2.05) is 18.2 Å². The molecule has 19 heavy (non-hydrogen) atoms. The number of amides is 1. The monoisotopic (exact) mass is 261 g/mol. The van der Waals surface area contributed by atoms with Crippen LogP contribution in [0.5, 0.6) is 11.5 Å². The SMILES string of the molecule is COc1ccc2c(c1)C(CCNC(=O)C1CC1)CO2. The summed E-state index contributed by atoms with van der Waals surface area (Å²) in [5.41, 5.74) is 1.19. The van der Waals surface area contributed by atoms with Crippen LogP contribution in [0, 0.1) is 5.92 Å². The van der Waals surface area contributed by atoms with Crippen LogP contribution < -0.4 is 14.8 Å². The quantitative estimate of drug-likeness (QED) is 0.883. The van der Waals surface area contributed by atoms with Crippen LogP contribution in [0.25, 0.3) is 0 Å². The Kier molecular flexibility index (Phi) is 3.32. The fraction of sp³-hybridized carbons (Fsp3) is 0.533. The second-order valence-corrected chi connectivity index (χ2v) is 5.27. The van der Waals surface area contributed by atoms with Crippen molar-refractivity contribution in [1.29, 1.82) is 0 Å². The molecule has 0 spiro atoms. The summed E-state index contributed by atoms with van der Waals surface area (Å²) < 4.78 is 10.9. The molecule has 1 unspecified atom stereocenters. The molecule has 1 atom stereocenters. The first kappa shape index (κ1) is 12.3. The average molecular weight is 261 g/mol. The molecule has 1 amide bonds. The summed E-state index contributed by atoms with van der Waals surface area (Å²) in [5.74, 6) is 2.65. The van der Waals surface area contributed by atoms with Crippen molar-refractivity contribution in [2.75, 3.05) is 20.3 Å². The summed E-state index contributed by atoms with van der Waals surface area (Å²) in [6, 6.07) is 5.91. The normalized spacial score (nSPS) is 20.6. The third-order valence-electron chi connectivity index (χ3n) is 3.84. The molecule has 4 heteroatoms. The standard InChI is InChI=1S/C15H19NO3/c1-18-12-4-5-14-13(8-12)11(9-19-14)6-7-16-15(17)10-2-3-10/h4-5,8,10-11H,2-3,6-7,9H2,1H3,(H,16,17). The Bertz CT molecular complexity index is 482. The van der Waals surface area contributed by atoms with Crippen molar-refractivity contribution < 1.29 is 14.3 Å². The zero-order valence-corrected chi connectivity index (χ0v) is 11.1. The molecule has 1 aliphatic heterocycles. The second kappa shape index (κ2) is 5.11. The third kappa shape index (κ3) is 2.67. The zero-order valence-electron chi connectivity index (χ0n) is 11.1. The van der Waals surface area contributed by atoms with Gasteiger partial charge in [0.05, 0.1) is 13.7 Å². The molecule has 1 aromatic carbocycles. The van der Waals surface area contributed by atoms with Crippen molar-refractivity contribution in [2.45, 2.75) is 25.2 Å². The summed E-state index contributed by atoms with van der Waals surface area (Å²) in [6.07, 6.45) is 3.02. The zero-order chi connectivity index (χ0) is 13.2. The highest BCUT2D eigenvalue weighted by Crippen LogP contribution is 2.38. The predicted molar refractivity (Wildman–Crippen MR) is 71.6 cm³/mol. The first-order valence-corrected chi connectivity index (χ1v) is 6.86. The number of rotatable bonds is 5. The van der Waals surface area contributed by atoms with Gasteiger partial charge in [0.2, 0.25) is 5.91 Å². The molecule has 1 heterocycles. The Morgan fingerprint density at radius 2 is 2.32 bits per heavy atom. The van der Waals surface area contributed by atoms with Gasteiger partial charge in [0.25, 0.3) is 0 Å². The molecular formula is C15H19NO3. The molecule has 0 bridgehead atoms. The predicted octanol–water partition coefficient (Wildman–Crippen LogP) is 2.09. The first-order valence-electron chi connectivity index (χ1n) is 6.86. The molecule has 1 fully saturated rings. The van der Waals surface area contributed by atoms with Crippen LogP contribution in [0.2, 0.25) is 0 Å². The van der Waals surface area contributed by atoms with Crippen LogP contribution in [0.4, 0.5) is 0 Å². The van der Waals surface area contributed by atoms with Gasteiger partial charge in [-0.3, -0.25) is 4.79 Å². The van der Waals surface area contributed by atoms with E-state index in [9.17, 15) is 4.79 Å². The Balaban J connectivity index is 1.57. The smallest absolute Gasteiger partial charge is 0.223 e. The molecule has 102 valence electrons. The maximum atomic E-state index is 11.6. The number of hydrogen-bond donors (Lipinski definition) is 1. The lowest BCUT2D eigenvalue weighted by atomic mass is 9.97. The van der Waals surface area contributed by atoms with Crippen molar-refractivity contribution in [3.63, 3.8) is 0 Å². The van der Waals surface area contributed by atoms with E-state index in [2.05, 4.69) is 5.32 Å². The molecule has 1 aromatic rings. The second-order valence-electron chi connectivity index (χ2n) is 5.27. The Morgan fingerprint density at radius 1 is 1.47 bits per heavy atom. The fourth-order valence-corrected chi connectivity index (χ4v) is 2.48. The van der Waals surface area contributed by atoms with Crippen molar-refractivity contribution in [2.24, 2.45) is 5.92 Å². The number of hydrogen-bond acceptors (Lipinski definition) is 3. The van der Waals surface area contributed by atoms with Gasteiger partial charge in [-0.15, -0.1) is 0 Å². The highest BCUT2D eigenvalue weighted by Gasteiger charge is 2.30. The van der Waals surface area contributed by atoms with E-state index >= 15 is 0 Å². The Labute approximate surface area is 113 Å². The van der Waals surface area contributed by atoms with Crippen LogP contribution in [0.3, 0.4) is 0 Å². The molecule has 3 rings (SSSR count). The van der Waals surface area contributed by atoms with Gasteiger partial charge >= 0.3 is 0 Å². The van der Waals surface area contributed by atoms with Gasteiger partial charge in [-0.2, -0.15) is 0 Å². The molecule has 1 N–H and O–H groups in total. The first-order chi connectivity index (χ1) is 9.28. The minimum Gasteiger partial charge on any atom is -0.497 e. The maximum Gasteiger partial charge on any atom is 0.223 e.